The van der Waals surface area contributed by atoms with Crippen LogP contribution in [0.5, 0.6) is 0 Å². The van der Waals surface area contributed by atoms with E-state index in [1.807, 2.05) is 0 Å². The Morgan fingerprint density at radius 2 is 2.00 bits per heavy atom. The van der Waals surface area contributed by atoms with Crippen LogP contribution < -0.4 is 0 Å². The van der Waals surface area contributed by atoms with Gasteiger partial charge in [0.25, 0.3) is 0 Å². The lowest BCUT2D eigenvalue weighted by atomic mass is 9.95. The van der Waals surface area contributed by atoms with E-state index in [1.165, 1.54) is 43.2 Å². The fourth-order valence-electron chi connectivity index (χ4n) is 1.87. The Morgan fingerprint density at radius 3 is 2.64 bits per heavy atom. The van der Waals surface area contributed by atoms with Crippen LogP contribution in [0.15, 0.2) is 12.4 Å². The molecular weight excluding hydrogens is 170 g/mol. The predicted octanol–water partition coefficient (Wildman–Crippen LogP) is 4.26. The zero-order chi connectivity index (χ0) is 10.4. The molecule has 80 valence electrons. The summed E-state index contributed by atoms with van der Waals surface area (Å²) in [4.78, 5) is 3.24. The highest BCUT2D eigenvalue weighted by molar-refractivity contribution is 5.26. The van der Waals surface area contributed by atoms with Crippen molar-refractivity contribution in [2.45, 2.75) is 58.8 Å². The number of nitrogens with one attached hydrogen (secondary N) is 1. The summed E-state index contributed by atoms with van der Waals surface area (Å²) >= 11 is 0. The first-order valence-corrected chi connectivity index (χ1v) is 5.95. The van der Waals surface area contributed by atoms with Gasteiger partial charge in [-0.25, -0.2) is 0 Å². The van der Waals surface area contributed by atoms with E-state index < -0.39 is 0 Å². The second kappa shape index (κ2) is 5.90. The summed E-state index contributed by atoms with van der Waals surface area (Å²) in [7, 11) is 0. The lowest BCUT2D eigenvalue weighted by Gasteiger charge is -2.09. The highest BCUT2D eigenvalue weighted by Gasteiger charge is 2.08. The Hall–Kier alpha value is -0.720. The molecule has 0 spiro atoms. The standard InChI is InChI=1S/C13H23N/c1-4-6-7-8-12-9-14-10-13(12)11(3)5-2/h9-11,14H,4-8H2,1-3H3. The summed E-state index contributed by atoms with van der Waals surface area (Å²) in [5, 5.41) is 0. The van der Waals surface area contributed by atoms with E-state index in [1.54, 1.807) is 0 Å². The number of aryl methyl sites for hydroxylation is 1. The molecule has 1 atom stereocenters. The van der Waals surface area contributed by atoms with Gasteiger partial charge in [-0.3, -0.25) is 0 Å². The van der Waals surface area contributed by atoms with Crippen LogP contribution in [0.4, 0.5) is 0 Å². The van der Waals surface area contributed by atoms with Crippen molar-refractivity contribution in [3.8, 4) is 0 Å². The van der Waals surface area contributed by atoms with Gasteiger partial charge in [-0.05, 0) is 36.3 Å². The van der Waals surface area contributed by atoms with Crippen LogP contribution in [0.25, 0.3) is 0 Å². The summed E-state index contributed by atoms with van der Waals surface area (Å²) in [6, 6.07) is 0. The van der Waals surface area contributed by atoms with E-state index in [2.05, 4.69) is 38.1 Å². The number of aromatic amines is 1. The molecule has 1 heteroatoms. The van der Waals surface area contributed by atoms with Crippen molar-refractivity contribution in [1.29, 1.82) is 0 Å². The maximum atomic E-state index is 3.24. The number of hydrogen-bond acceptors (Lipinski definition) is 0. The van der Waals surface area contributed by atoms with E-state index in [0.717, 1.165) is 0 Å². The molecule has 0 fully saturated rings. The van der Waals surface area contributed by atoms with E-state index in [9.17, 15) is 0 Å². The fourth-order valence-corrected chi connectivity index (χ4v) is 1.87. The number of unbranched alkanes of at least 4 members (excludes halogenated alkanes) is 2. The lowest BCUT2D eigenvalue weighted by Crippen LogP contribution is -1.94. The molecule has 0 amide bonds. The molecule has 1 aromatic rings. The van der Waals surface area contributed by atoms with E-state index in [0.29, 0.717) is 5.92 Å². The van der Waals surface area contributed by atoms with Crippen LogP contribution >= 0.6 is 0 Å². The van der Waals surface area contributed by atoms with Gasteiger partial charge in [-0.2, -0.15) is 0 Å². The van der Waals surface area contributed by atoms with Crippen LogP contribution in [-0.2, 0) is 6.42 Å². The molecule has 1 rings (SSSR count). The predicted molar refractivity (Wildman–Crippen MR) is 62.7 cm³/mol. The molecule has 0 radical (unpaired) electrons. The first-order chi connectivity index (χ1) is 6.79. The summed E-state index contributed by atoms with van der Waals surface area (Å²) in [6.07, 6.45) is 10.8. The van der Waals surface area contributed by atoms with Crippen molar-refractivity contribution in [3.63, 3.8) is 0 Å². The molecule has 0 bridgehead atoms. The third-order valence-electron chi connectivity index (χ3n) is 3.06. The number of aromatic nitrogens is 1. The Bertz CT molecular complexity index is 249. The third-order valence-corrected chi connectivity index (χ3v) is 3.06. The zero-order valence-corrected chi connectivity index (χ0v) is 9.77. The lowest BCUT2D eigenvalue weighted by molar-refractivity contribution is 0.691. The Balaban J connectivity index is 2.53. The fraction of sp³-hybridized carbons (Fsp3) is 0.692. The highest BCUT2D eigenvalue weighted by Crippen LogP contribution is 2.23. The van der Waals surface area contributed by atoms with Crippen LogP contribution in [0.2, 0.25) is 0 Å². The molecule has 0 aromatic carbocycles. The molecule has 1 nitrogen and oxygen atoms in total. The molecule has 1 N–H and O–H groups in total. The van der Waals surface area contributed by atoms with Crippen molar-refractivity contribution in [3.05, 3.63) is 23.5 Å². The van der Waals surface area contributed by atoms with Crippen LogP contribution in [0, 0.1) is 0 Å². The third kappa shape index (κ3) is 2.90. The van der Waals surface area contributed by atoms with Crippen molar-refractivity contribution in [1.82, 2.24) is 4.98 Å². The SMILES string of the molecule is CCCCCc1c[nH]cc1C(C)CC. The summed E-state index contributed by atoms with van der Waals surface area (Å²) < 4.78 is 0. The summed E-state index contributed by atoms with van der Waals surface area (Å²) in [5.74, 6) is 0.706. The van der Waals surface area contributed by atoms with E-state index >= 15 is 0 Å². The van der Waals surface area contributed by atoms with Gasteiger partial charge in [0.15, 0.2) is 0 Å². The summed E-state index contributed by atoms with van der Waals surface area (Å²) in [5.41, 5.74) is 3.07. The van der Waals surface area contributed by atoms with E-state index in [4.69, 9.17) is 0 Å². The quantitative estimate of drug-likeness (QED) is 0.650. The average Bonchev–Trinajstić information content (AvgIpc) is 2.65. The van der Waals surface area contributed by atoms with E-state index in [-0.39, 0.29) is 0 Å². The molecule has 1 heterocycles. The number of hydrogen-bond donors (Lipinski definition) is 1. The minimum atomic E-state index is 0.706. The van der Waals surface area contributed by atoms with Gasteiger partial charge in [-0.1, -0.05) is 33.6 Å². The Morgan fingerprint density at radius 1 is 1.21 bits per heavy atom. The van der Waals surface area contributed by atoms with Gasteiger partial charge in [0.05, 0.1) is 0 Å². The first-order valence-electron chi connectivity index (χ1n) is 5.95. The summed E-state index contributed by atoms with van der Waals surface area (Å²) in [6.45, 7) is 6.83. The normalized spacial score (nSPS) is 13.1. The van der Waals surface area contributed by atoms with Crippen LogP contribution in [-0.4, -0.2) is 4.98 Å². The minimum Gasteiger partial charge on any atom is -0.367 e. The van der Waals surface area contributed by atoms with Crippen LogP contribution in [0.1, 0.15) is 63.5 Å². The smallest absolute Gasteiger partial charge is 0.00429 e. The van der Waals surface area contributed by atoms with Crippen LogP contribution in [0.3, 0.4) is 0 Å². The molecule has 1 aromatic heterocycles. The van der Waals surface area contributed by atoms with Crippen molar-refractivity contribution >= 4 is 0 Å². The monoisotopic (exact) mass is 193 g/mol. The molecule has 1 unspecified atom stereocenters. The zero-order valence-electron chi connectivity index (χ0n) is 9.77. The molecule has 14 heavy (non-hydrogen) atoms. The van der Waals surface area contributed by atoms with Crippen molar-refractivity contribution < 1.29 is 0 Å². The first kappa shape index (κ1) is 11.4. The van der Waals surface area contributed by atoms with Gasteiger partial charge < -0.3 is 4.98 Å². The molecule has 0 aliphatic carbocycles. The maximum Gasteiger partial charge on any atom is 0.00429 e. The Labute approximate surface area is 87.9 Å². The van der Waals surface area contributed by atoms with Crippen molar-refractivity contribution in [2.24, 2.45) is 0 Å². The van der Waals surface area contributed by atoms with Gasteiger partial charge in [0, 0.05) is 12.4 Å². The van der Waals surface area contributed by atoms with Gasteiger partial charge >= 0.3 is 0 Å². The van der Waals surface area contributed by atoms with Gasteiger partial charge in [0.1, 0.15) is 0 Å². The Kier molecular flexibility index (Phi) is 4.78. The molecule has 0 saturated heterocycles. The second-order valence-electron chi connectivity index (χ2n) is 4.20. The highest BCUT2D eigenvalue weighted by atomic mass is 14.6. The molecule has 0 saturated carbocycles. The van der Waals surface area contributed by atoms with Gasteiger partial charge in [-0.15, -0.1) is 0 Å². The topological polar surface area (TPSA) is 15.8 Å². The van der Waals surface area contributed by atoms with Crippen molar-refractivity contribution in [2.75, 3.05) is 0 Å². The molecule has 0 aliphatic rings. The average molecular weight is 193 g/mol. The minimum absolute atomic E-state index is 0.706. The molecule has 0 aliphatic heterocycles. The maximum absolute atomic E-state index is 3.24. The van der Waals surface area contributed by atoms with Gasteiger partial charge in [0.2, 0.25) is 0 Å². The largest absolute Gasteiger partial charge is 0.367 e. The number of rotatable bonds is 6. The molecular formula is C13H23N. The second-order valence-corrected chi connectivity index (χ2v) is 4.20. The number of H-pyrrole nitrogens is 1.